The molecule has 4 heterocycles. The largest absolute Gasteiger partial charge is 0.371 e. The van der Waals surface area contributed by atoms with Crippen molar-refractivity contribution < 1.29 is 0 Å². The van der Waals surface area contributed by atoms with Crippen molar-refractivity contribution in [3.05, 3.63) is 57.9 Å². The Morgan fingerprint density at radius 3 is 2.90 bits per heavy atom. The van der Waals surface area contributed by atoms with Gasteiger partial charge in [0.2, 0.25) is 0 Å². The average molecular weight is 415 g/mol. The Bertz CT molecular complexity index is 1060. The molecule has 29 heavy (non-hydrogen) atoms. The molecule has 1 unspecified atom stereocenters. The van der Waals surface area contributed by atoms with E-state index in [2.05, 4.69) is 33.7 Å². The van der Waals surface area contributed by atoms with Crippen LogP contribution in [0, 0.1) is 0 Å². The molecule has 1 aliphatic rings. The van der Waals surface area contributed by atoms with Crippen molar-refractivity contribution in [3.63, 3.8) is 0 Å². The molecule has 1 atom stereocenters. The van der Waals surface area contributed by atoms with Crippen molar-refractivity contribution >= 4 is 22.9 Å². The molecule has 154 valence electrons. The number of anilines is 1. The number of rotatable bonds is 5. The number of pyridine rings is 1. The normalized spacial score (nSPS) is 17.9. The summed E-state index contributed by atoms with van der Waals surface area (Å²) in [4.78, 5) is 21.6. The quantitative estimate of drug-likeness (QED) is 0.641. The first-order chi connectivity index (χ1) is 13.9. The van der Waals surface area contributed by atoms with Gasteiger partial charge in [-0.15, -0.1) is 0 Å². The lowest BCUT2D eigenvalue weighted by Gasteiger charge is -2.33. The predicted octanol–water partition coefficient (Wildman–Crippen LogP) is 3.23. The van der Waals surface area contributed by atoms with Crippen LogP contribution in [0.1, 0.15) is 38.4 Å². The Kier molecular flexibility index (Phi) is 5.61. The number of aromatic nitrogens is 4. The van der Waals surface area contributed by atoms with Gasteiger partial charge in [-0.3, -0.25) is 9.69 Å². The zero-order valence-electron chi connectivity index (χ0n) is 17.1. The molecule has 8 heteroatoms. The smallest absolute Gasteiger partial charge is 0.269 e. The van der Waals surface area contributed by atoms with E-state index in [-0.39, 0.29) is 11.6 Å². The SMILES string of the molecule is CC(C)N(C)c1cnn(C2CCCN(Cc3cnc4ccc(Cl)cn34)C2)c(=O)c1. The highest BCUT2D eigenvalue weighted by molar-refractivity contribution is 6.30. The number of fused-ring (bicyclic) bond motifs is 1. The maximum atomic E-state index is 12.7. The summed E-state index contributed by atoms with van der Waals surface area (Å²) in [5.41, 5.74) is 2.80. The molecule has 3 aromatic heterocycles. The monoisotopic (exact) mass is 414 g/mol. The minimum Gasteiger partial charge on any atom is -0.371 e. The minimum absolute atomic E-state index is 0.0385. The Morgan fingerprint density at radius 1 is 1.31 bits per heavy atom. The van der Waals surface area contributed by atoms with Gasteiger partial charge in [0.25, 0.3) is 5.56 Å². The molecule has 0 aliphatic carbocycles. The van der Waals surface area contributed by atoms with E-state index in [0.29, 0.717) is 11.1 Å². The molecule has 1 aliphatic heterocycles. The van der Waals surface area contributed by atoms with E-state index in [4.69, 9.17) is 11.6 Å². The van der Waals surface area contributed by atoms with Crippen LogP contribution in [-0.2, 0) is 6.54 Å². The van der Waals surface area contributed by atoms with E-state index < -0.39 is 0 Å². The van der Waals surface area contributed by atoms with Gasteiger partial charge in [-0.25, -0.2) is 9.67 Å². The maximum Gasteiger partial charge on any atom is 0.269 e. The third kappa shape index (κ3) is 4.16. The van der Waals surface area contributed by atoms with E-state index in [1.165, 1.54) is 0 Å². The summed E-state index contributed by atoms with van der Waals surface area (Å²) < 4.78 is 3.68. The molecule has 0 N–H and O–H groups in total. The molecule has 0 spiro atoms. The van der Waals surface area contributed by atoms with Gasteiger partial charge in [0, 0.05) is 38.4 Å². The summed E-state index contributed by atoms with van der Waals surface area (Å²) in [6.07, 6.45) is 7.59. The highest BCUT2D eigenvalue weighted by Crippen LogP contribution is 2.22. The third-order valence-corrected chi connectivity index (χ3v) is 5.98. The van der Waals surface area contributed by atoms with Crippen molar-refractivity contribution in [1.29, 1.82) is 0 Å². The van der Waals surface area contributed by atoms with Crippen LogP contribution in [0.2, 0.25) is 5.02 Å². The first-order valence-electron chi connectivity index (χ1n) is 10.1. The molecule has 0 aromatic carbocycles. The number of imidazole rings is 1. The number of halogens is 1. The second kappa shape index (κ2) is 8.16. The summed E-state index contributed by atoms with van der Waals surface area (Å²) in [5.74, 6) is 0. The summed E-state index contributed by atoms with van der Waals surface area (Å²) >= 11 is 6.15. The van der Waals surface area contributed by atoms with E-state index >= 15 is 0 Å². The lowest BCUT2D eigenvalue weighted by molar-refractivity contribution is 0.158. The predicted molar refractivity (Wildman–Crippen MR) is 116 cm³/mol. The highest BCUT2D eigenvalue weighted by atomic mass is 35.5. The van der Waals surface area contributed by atoms with Gasteiger partial charge in [-0.2, -0.15) is 5.10 Å². The number of hydrogen-bond donors (Lipinski definition) is 0. The minimum atomic E-state index is -0.0385. The second-order valence-electron chi connectivity index (χ2n) is 8.06. The van der Waals surface area contributed by atoms with Gasteiger partial charge in [-0.05, 0) is 45.4 Å². The van der Waals surface area contributed by atoms with Crippen LogP contribution in [0.4, 0.5) is 5.69 Å². The zero-order valence-corrected chi connectivity index (χ0v) is 17.9. The molecular weight excluding hydrogens is 388 g/mol. The van der Waals surface area contributed by atoms with Crippen LogP contribution in [-0.4, -0.2) is 50.2 Å². The summed E-state index contributed by atoms with van der Waals surface area (Å²) in [6, 6.07) is 5.86. The van der Waals surface area contributed by atoms with Crippen LogP contribution in [0.15, 0.2) is 41.6 Å². The summed E-state index contributed by atoms with van der Waals surface area (Å²) in [6.45, 7) is 6.74. The lowest BCUT2D eigenvalue weighted by Crippen LogP contribution is -2.40. The second-order valence-corrected chi connectivity index (χ2v) is 8.49. The van der Waals surface area contributed by atoms with Crippen molar-refractivity contribution in [2.45, 2.75) is 45.3 Å². The van der Waals surface area contributed by atoms with Crippen molar-refractivity contribution in [3.8, 4) is 0 Å². The molecular formula is C21H27ClN6O. The highest BCUT2D eigenvalue weighted by Gasteiger charge is 2.24. The molecule has 0 bridgehead atoms. The van der Waals surface area contributed by atoms with Crippen molar-refractivity contribution in [2.75, 3.05) is 25.0 Å². The average Bonchev–Trinajstić information content (AvgIpc) is 3.09. The van der Waals surface area contributed by atoms with Crippen LogP contribution in [0.3, 0.4) is 0 Å². The van der Waals surface area contributed by atoms with Gasteiger partial charge in [0.1, 0.15) is 5.65 Å². The fraction of sp³-hybridized carbons (Fsp3) is 0.476. The van der Waals surface area contributed by atoms with Crippen LogP contribution in [0.5, 0.6) is 0 Å². The van der Waals surface area contributed by atoms with Crippen LogP contribution in [0.25, 0.3) is 5.65 Å². The topological polar surface area (TPSA) is 58.7 Å². The number of likely N-dealkylation sites (tertiary alicyclic amines) is 1. The Labute approximate surface area is 175 Å². The van der Waals surface area contributed by atoms with E-state index in [0.717, 1.165) is 49.5 Å². The summed E-state index contributed by atoms with van der Waals surface area (Å²) in [7, 11) is 1.98. The molecule has 0 amide bonds. The van der Waals surface area contributed by atoms with Crippen LogP contribution < -0.4 is 10.5 Å². The fourth-order valence-corrected chi connectivity index (χ4v) is 4.06. The number of hydrogen-bond acceptors (Lipinski definition) is 5. The molecule has 0 saturated carbocycles. The van der Waals surface area contributed by atoms with Gasteiger partial charge in [0.15, 0.2) is 0 Å². The fourth-order valence-electron chi connectivity index (χ4n) is 3.90. The van der Waals surface area contributed by atoms with Gasteiger partial charge in [0.05, 0.1) is 34.8 Å². The van der Waals surface area contributed by atoms with Gasteiger partial charge in [-0.1, -0.05) is 11.6 Å². The Morgan fingerprint density at radius 2 is 2.14 bits per heavy atom. The van der Waals surface area contributed by atoms with E-state index in [1.54, 1.807) is 16.9 Å². The van der Waals surface area contributed by atoms with Crippen molar-refractivity contribution in [2.24, 2.45) is 0 Å². The first kappa shape index (κ1) is 19.9. The zero-order chi connectivity index (χ0) is 20.5. The van der Waals surface area contributed by atoms with E-state index in [1.807, 2.05) is 36.0 Å². The summed E-state index contributed by atoms with van der Waals surface area (Å²) in [5, 5.41) is 5.19. The molecule has 3 aromatic rings. The Hall–Kier alpha value is -2.38. The van der Waals surface area contributed by atoms with E-state index in [9.17, 15) is 4.79 Å². The molecule has 1 fully saturated rings. The third-order valence-electron chi connectivity index (χ3n) is 5.75. The Balaban J connectivity index is 1.51. The van der Waals surface area contributed by atoms with Crippen molar-refractivity contribution in [1.82, 2.24) is 24.1 Å². The van der Waals surface area contributed by atoms with Gasteiger partial charge < -0.3 is 9.30 Å². The van der Waals surface area contributed by atoms with Gasteiger partial charge >= 0.3 is 0 Å². The molecule has 4 rings (SSSR count). The first-order valence-corrected chi connectivity index (χ1v) is 10.5. The standard InChI is InChI=1S/C21H27ClN6O/c1-15(2)25(3)18-9-21(29)28(24-11-18)17-5-4-8-26(13-17)14-19-10-23-20-7-6-16(22)12-27(19)20/h6-7,9-12,15,17H,4-5,8,13-14H2,1-3H3. The number of piperidine rings is 1. The van der Waals surface area contributed by atoms with Crippen LogP contribution >= 0.6 is 11.6 Å². The maximum absolute atomic E-state index is 12.7. The number of nitrogens with zero attached hydrogens (tertiary/aromatic N) is 6. The molecule has 1 saturated heterocycles. The molecule has 0 radical (unpaired) electrons. The lowest BCUT2D eigenvalue weighted by atomic mass is 10.1. The molecule has 7 nitrogen and oxygen atoms in total.